The Balaban J connectivity index is 1.76. The van der Waals surface area contributed by atoms with Gasteiger partial charge >= 0.3 is 0 Å². The van der Waals surface area contributed by atoms with Gasteiger partial charge in [-0.2, -0.15) is 0 Å². The summed E-state index contributed by atoms with van der Waals surface area (Å²) in [5.41, 5.74) is -0.140. The van der Waals surface area contributed by atoms with Crippen molar-refractivity contribution in [1.82, 2.24) is 15.5 Å². The first-order valence-electron chi connectivity index (χ1n) is 8.44. The first kappa shape index (κ1) is 15.8. The number of rotatable bonds is 6. The summed E-state index contributed by atoms with van der Waals surface area (Å²) >= 11 is 0. The van der Waals surface area contributed by atoms with Crippen LogP contribution in [0, 0.1) is 5.41 Å². The lowest BCUT2D eigenvalue weighted by Crippen LogP contribution is -2.50. The van der Waals surface area contributed by atoms with Crippen molar-refractivity contribution in [3.8, 4) is 0 Å². The molecular weight excluding hydrogens is 250 g/mol. The van der Waals surface area contributed by atoms with Crippen LogP contribution in [0.1, 0.15) is 52.4 Å². The number of hydrogen-bond acceptors (Lipinski definition) is 3. The van der Waals surface area contributed by atoms with Crippen molar-refractivity contribution in [3.05, 3.63) is 0 Å². The molecular formula is C16H31N3O. The van der Waals surface area contributed by atoms with Crippen LogP contribution in [0.25, 0.3) is 0 Å². The molecule has 4 heteroatoms. The van der Waals surface area contributed by atoms with Gasteiger partial charge in [0.25, 0.3) is 0 Å². The lowest BCUT2D eigenvalue weighted by molar-refractivity contribution is -0.131. The van der Waals surface area contributed by atoms with Gasteiger partial charge in [-0.1, -0.05) is 20.3 Å². The number of carbonyl (C=O) groups is 1. The quantitative estimate of drug-likeness (QED) is 0.780. The van der Waals surface area contributed by atoms with Crippen molar-refractivity contribution in [2.75, 3.05) is 32.7 Å². The van der Waals surface area contributed by atoms with Crippen molar-refractivity contribution >= 4 is 5.91 Å². The first-order valence-corrected chi connectivity index (χ1v) is 8.44. The molecule has 1 atom stereocenters. The Morgan fingerprint density at radius 3 is 2.65 bits per heavy atom. The van der Waals surface area contributed by atoms with E-state index in [2.05, 4.69) is 29.4 Å². The summed E-state index contributed by atoms with van der Waals surface area (Å²) in [7, 11) is 0. The summed E-state index contributed by atoms with van der Waals surface area (Å²) in [6.07, 6.45) is 6.72. The fourth-order valence-electron chi connectivity index (χ4n) is 3.42. The molecule has 1 unspecified atom stereocenters. The fraction of sp³-hybridized carbons (Fsp3) is 0.938. The number of piperidine rings is 1. The number of nitrogens with one attached hydrogen (secondary N) is 2. The summed E-state index contributed by atoms with van der Waals surface area (Å²) in [6, 6.07) is 0.393. The van der Waals surface area contributed by atoms with Gasteiger partial charge in [0, 0.05) is 25.7 Å². The lowest BCUT2D eigenvalue weighted by atomic mass is 9.83. The maximum Gasteiger partial charge on any atom is 0.227 e. The van der Waals surface area contributed by atoms with E-state index in [9.17, 15) is 4.79 Å². The molecule has 2 N–H and O–H groups in total. The van der Waals surface area contributed by atoms with Crippen molar-refractivity contribution < 1.29 is 4.79 Å². The molecule has 0 bridgehead atoms. The van der Waals surface area contributed by atoms with Crippen molar-refractivity contribution in [2.24, 2.45) is 5.41 Å². The normalized spacial score (nSPS) is 28.7. The molecule has 0 aliphatic carbocycles. The maximum absolute atomic E-state index is 12.6. The Morgan fingerprint density at radius 2 is 2.10 bits per heavy atom. The highest BCUT2D eigenvalue weighted by Crippen LogP contribution is 2.30. The second-order valence-electron chi connectivity index (χ2n) is 6.50. The fourth-order valence-corrected chi connectivity index (χ4v) is 3.42. The predicted molar refractivity (Wildman–Crippen MR) is 82.7 cm³/mol. The molecule has 2 fully saturated rings. The minimum absolute atomic E-state index is 0.140. The van der Waals surface area contributed by atoms with Gasteiger partial charge in [0.2, 0.25) is 5.91 Å². The molecule has 0 aromatic rings. The van der Waals surface area contributed by atoms with Crippen LogP contribution in [0.5, 0.6) is 0 Å². The van der Waals surface area contributed by atoms with E-state index in [1.165, 1.54) is 19.4 Å². The van der Waals surface area contributed by atoms with Crippen LogP contribution in [0.3, 0.4) is 0 Å². The van der Waals surface area contributed by atoms with Gasteiger partial charge in [-0.25, -0.2) is 0 Å². The van der Waals surface area contributed by atoms with Gasteiger partial charge in [-0.15, -0.1) is 0 Å². The third kappa shape index (κ3) is 3.73. The van der Waals surface area contributed by atoms with Crippen LogP contribution in [-0.4, -0.2) is 49.6 Å². The van der Waals surface area contributed by atoms with Crippen LogP contribution in [0.4, 0.5) is 0 Å². The Hall–Kier alpha value is -0.610. The molecule has 2 saturated heterocycles. The zero-order valence-electron chi connectivity index (χ0n) is 13.2. The second-order valence-corrected chi connectivity index (χ2v) is 6.50. The molecule has 20 heavy (non-hydrogen) atoms. The van der Waals surface area contributed by atoms with E-state index in [0.29, 0.717) is 6.04 Å². The number of hydrogen-bond donors (Lipinski definition) is 2. The Morgan fingerprint density at radius 1 is 1.35 bits per heavy atom. The highest BCUT2D eigenvalue weighted by Gasteiger charge is 2.40. The highest BCUT2D eigenvalue weighted by atomic mass is 16.2. The highest BCUT2D eigenvalue weighted by molar-refractivity contribution is 5.83. The van der Waals surface area contributed by atoms with E-state index < -0.39 is 0 Å². The maximum atomic E-state index is 12.6. The Labute approximate surface area is 123 Å². The second kappa shape index (κ2) is 7.41. The molecule has 0 aromatic carbocycles. The minimum Gasteiger partial charge on any atom is -0.353 e. The summed E-state index contributed by atoms with van der Waals surface area (Å²) in [4.78, 5) is 15.1. The topological polar surface area (TPSA) is 44.4 Å². The summed E-state index contributed by atoms with van der Waals surface area (Å²) in [6.45, 7) is 9.72. The van der Waals surface area contributed by atoms with E-state index in [0.717, 1.165) is 51.9 Å². The smallest absolute Gasteiger partial charge is 0.227 e. The van der Waals surface area contributed by atoms with Crippen LogP contribution in [-0.2, 0) is 4.79 Å². The molecule has 2 aliphatic heterocycles. The van der Waals surface area contributed by atoms with Crippen LogP contribution >= 0.6 is 0 Å². The molecule has 2 aliphatic rings. The van der Waals surface area contributed by atoms with Crippen molar-refractivity contribution in [3.63, 3.8) is 0 Å². The van der Waals surface area contributed by atoms with Gasteiger partial charge < -0.3 is 15.5 Å². The number of unbranched alkanes of at least 4 members (excludes halogenated alkanes) is 1. The zero-order valence-corrected chi connectivity index (χ0v) is 13.2. The predicted octanol–water partition coefficient (Wildman–Crippen LogP) is 1.76. The monoisotopic (exact) mass is 281 g/mol. The Kier molecular flexibility index (Phi) is 5.85. The van der Waals surface area contributed by atoms with E-state index in [1.54, 1.807) is 0 Å². The van der Waals surface area contributed by atoms with Crippen molar-refractivity contribution in [2.45, 2.75) is 58.4 Å². The molecule has 2 heterocycles. The van der Waals surface area contributed by atoms with Crippen LogP contribution in [0.15, 0.2) is 0 Å². The van der Waals surface area contributed by atoms with Gasteiger partial charge in [-0.3, -0.25) is 4.79 Å². The number of nitrogens with zero attached hydrogens (tertiary/aromatic N) is 1. The van der Waals surface area contributed by atoms with Crippen LogP contribution < -0.4 is 10.6 Å². The standard InChI is InChI=1S/C16H31N3O/c1-3-5-10-19-11-6-14(7-12-19)18-15(20)16(4-2)8-9-17-13-16/h14,17H,3-13H2,1-2H3,(H,18,20). The van der Waals surface area contributed by atoms with E-state index in [4.69, 9.17) is 0 Å². The number of carbonyl (C=O) groups excluding carboxylic acids is 1. The molecule has 0 radical (unpaired) electrons. The molecule has 2 rings (SSSR count). The van der Waals surface area contributed by atoms with Crippen LogP contribution in [0.2, 0.25) is 0 Å². The summed E-state index contributed by atoms with van der Waals surface area (Å²) in [5.74, 6) is 0.289. The minimum atomic E-state index is -0.140. The number of amides is 1. The van der Waals surface area contributed by atoms with E-state index in [1.807, 2.05) is 0 Å². The average Bonchev–Trinajstić information content (AvgIpc) is 2.97. The van der Waals surface area contributed by atoms with E-state index >= 15 is 0 Å². The first-order chi connectivity index (χ1) is 9.70. The summed E-state index contributed by atoms with van der Waals surface area (Å²) in [5, 5.41) is 6.67. The molecule has 0 spiro atoms. The molecule has 4 nitrogen and oxygen atoms in total. The van der Waals surface area contributed by atoms with Crippen molar-refractivity contribution in [1.29, 1.82) is 0 Å². The Bertz CT molecular complexity index is 305. The molecule has 0 aromatic heterocycles. The SMILES string of the molecule is CCCCN1CCC(NC(=O)C2(CC)CCNC2)CC1. The number of likely N-dealkylation sites (tertiary alicyclic amines) is 1. The average molecular weight is 281 g/mol. The molecule has 1 amide bonds. The van der Waals surface area contributed by atoms with E-state index in [-0.39, 0.29) is 11.3 Å². The third-order valence-electron chi connectivity index (χ3n) is 5.15. The molecule has 0 saturated carbocycles. The third-order valence-corrected chi connectivity index (χ3v) is 5.15. The van der Waals surface area contributed by atoms with Gasteiger partial charge in [0.05, 0.1) is 5.41 Å². The largest absolute Gasteiger partial charge is 0.353 e. The van der Waals surface area contributed by atoms with Gasteiger partial charge in [0.1, 0.15) is 0 Å². The van der Waals surface area contributed by atoms with Gasteiger partial charge in [0.15, 0.2) is 0 Å². The lowest BCUT2D eigenvalue weighted by Gasteiger charge is -2.34. The zero-order chi connectivity index (χ0) is 14.4. The van der Waals surface area contributed by atoms with Gasteiger partial charge in [-0.05, 0) is 45.2 Å². The summed E-state index contributed by atoms with van der Waals surface area (Å²) < 4.78 is 0. The molecule has 116 valence electrons.